The van der Waals surface area contributed by atoms with Crippen LogP contribution in [0.25, 0.3) is 11.1 Å². The first-order chi connectivity index (χ1) is 22.1. The Labute approximate surface area is 266 Å². The Kier molecular flexibility index (Phi) is 10.8. The third-order valence-electron chi connectivity index (χ3n) is 9.17. The van der Waals surface area contributed by atoms with E-state index in [0.717, 1.165) is 22.3 Å². The summed E-state index contributed by atoms with van der Waals surface area (Å²) in [6.07, 6.45) is -12.6. The Balaban J connectivity index is 1.48. The molecule has 2 aromatic carbocycles. The summed E-state index contributed by atoms with van der Waals surface area (Å²) in [5.41, 5.74) is 3.62. The van der Waals surface area contributed by atoms with Gasteiger partial charge in [0, 0.05) is 36.4 Å². The second-order valence-electron chi connectivity index (χ2n) is 11.9. The van der Waals surface area contributed by atoms with E-state index in [1.807, 2.05) is 24.3 Å². The van der Waals surface area contributed by atoms with E-state index in [2.05, 4.69) is 23.7 Å². The maximum atomic E-state index is 10.5. The molecule has 2 aliphatic heterocycles. The van der Waals surface area contributed by atoms with Gasteiger partial charge < -0.3 is 60.5 Å². The van der Waals surface area contributed by atoms with E-state index < -0.39 is 73.1 Å². The minimum Gasteiger partial charge on any atom is -0.396 e. The highest BCUT2D eigenvalue weighted by Crippen LogP contribution is 2.53. The molecule has 0 aromatic heterocycles. The predicted molar refractivity (Wildman–Crippen MR) is 162 cm³/mol. The van der Waals surface area contributed by atoms with Crippen LogP contribution in [-0.2, 0) is 14.9 Å². The molecular weight excluding hydrogens is 600 g/mol. The smallest absolute Gasteiger partial charge is 0.147 e. The van der Waals surface area contributed by atoms with Crippen molar-refractivity contribution >= 4 is 0 Å². The molecule has 2 aromatic rings. The van der Waals surface area contributed by atoms with E-state index in [-0.39, 0.29) is 39.1 Å². The molecule has 2 heterocycles. The van der Waals surface area contributed by atoms with E-state index in [1.54, 1.807) is 12.1 Å². The van der Waals surface area contributed by atoms with Crippen molar-refractivity contribution in [2.24, 2.45) is 0 Å². The molecule has 46 heavy (non-hydrogen) atoms. The largest absolute Gasteiger partial charge is 0.396 e. The fourth-order valence-electron chi connectivity index (χ4n) is 6.66. The quantitative estimate of drug-likeness (QED) is 0.142. The van der Waals surface area contributed by atoms with Crippen LogP contribution in [0.1, 0.15) is 41.5 Å². The van der Waals surface area contributed by atoms with Gasteiger partial charge in [-0.3, -0.25) is 0 Å². The van der Waals surface area contributed by atoms with Crippen molar-refractivity contribution in [3.8, 4) is 34.8 Å². The molecule has 0 bridgehead atoms. The number of hydrogen-bond acceptors (Lipinski definition) is 12. The Hall–Kier alpha value is -2.92. The Morgan fingerprint density at radius 1 is 0.565 bits per heavy atom. The number of rotatable bonds is 7. The molecule has 0 amide bonds. The molecule has 2 saturated heterocycles. The molecule has 12 nitrogen and oxygen atoms in total. The zero-order valence-corrected chi connectivity index (χ0v) is 25.0. The van der Waals surface area contributed by atoms with Gasteiger partial charge in [-0.05, 0) is 65.8 Å². The maximum Gasteiger partial charge on any atom is 0.147 e. The van der Waals surface area contributed by atoms with E-state index in [9.17, 15) is 51.1 Å². The zero-order chi connectivity index (χ0) is 33.2. The van der Waals surface area contributed by atoms with Gasteiger partial charge in [-0.25, -0.2) is 0 Å². The summed E-state index contributed by atoms with van der Waals surface area (Å²) in [5, 5.41) is 101. The normalized spacial score (nSPS) is 32.8. The van der Waals surface area contributed by atoms with Gasteiger partial charge in [-0.15, -0.1) is 0 Å². The highest BCUT2D eigenvalue weighted by molar-refractivity contribution is 5.82. The molecule has 1 aliphatic carbocycles. The van der Waals surface area contributed by atoms with Gasteiger partial charge in [0.25, 0.3) is 0 Å². The Morgan fingerprint density at radius 2 is 1.02 bits per heavy atom. The first-order valence-corrected chi connectivity index (χ1v) is 15.3. The van der Waals surface area contributed by atoms with Crippen LogP contribution in [0.4, 0.5) is 0 Å². The van der Waals surface area contributed by atoms with Crippen molar-refractivity contribution in [2.45, 2.75) is 85.7 Å². The molecule has 0 unspecified atom stereocenters. The van der Waals surface area contributed by atoms with E-state index >= 15 is 0 Å². The molecular formula is C34H40O12. The minimum absolute atomic E-state index is 0.0555. The SMILES string of the molecule is OCC[C@H]1O[C@H](C#Cc2ccc3c(c2)C(CCO)(CCO)c2cc(C#C[C@H]4O[C@H](CO)[C@@H](O)[C@H](O)[C@@H]4O)ccc2-3)[C@@H](O)[C@@H](O)[C@@H]1O. The lowest BCUT2D eigenvalue weighted by atomic mass is 9.72. The molecule has 12 heteroatoms. The third kappa shape index (κ3) is 6.33. The molecule has 5 rings (SSSR count). The monoisotopic (exact) mass is 640 g/mol. The van der Waals surface area contributed by atoms with Gasteiger partial charge in [0.05, 0.1) is 12.7 Å². The lowest BCUT2D eigenvalue weighted by Gasteiger charge is -2.38. The maximum absolute atomic E-state index is 10.5. The van der Waals surface area contributed by atoms with Crippen LogP contribution in [0, 0.1) is 23.7 Å². The zero-order valence-electron chi connectivity index (χ0n) is 25.0. The van der Waals surface area contributed by atoms with E-state index in [1.165, 1.54) is 0 Å². The molecule has 248 valence electrons. The number of aliphatic hydroxyl groups excluding tert-OH is 10. The Morgan fingerprint density at radius 3 is 1.46 bits per heavy atom. The van der Waals surface area contributed by atoms with Crippen LogP contribution in [0.2, 0.25) is 0 Å². The van der Waals surface area contributed by atoms with Crippen LogP contribution in [0.5, 0.6) is 0 Å². The van der Waals surface area contributed by atoms with Gasteiger partial charge in [0.1, 0.15) is 54.9 Å². The van der Waals surface area contributed by atoms with Gasteiger partial charge in [-0.2, -0.15) is 0 Å². The average Bonchev–Trinajstić information content (AvgIpc) is 3.31. The number of aliphatic hydroxyl groups is 10. The summed E-state index contributed by atoms with van der Waals surface area (Å²) in [5.74, 6) is 11.5. The fourth-order valence-corrected chi connectivity index (χ4v) is 6.66. The molecule has 0 spiro atoms. The summed E-state index contributed by atoms with van der Waals surface area (Å²) < 4.78 is 11.2. The van der Waals surface area contributed by atoms with Crippen molar-refractivity contribution in [3.63, 3.8) is 0 Å². The van der Waals surface area contributed by atoms with Gasteiger partial charge in [0.15, 0.2) is 0 Å². The summed E-state index contributed by atoms with van der Waals surface area (Å²) in [4.78, 5) is 0. The molecule has 2 fully saturated rings. The minimum atomic E-state index is -1.55. The number of hydrogen-bond donors (Lipinski definition) is 10. The first-order valence-electron chi connectivity index (χ1n) is 15.3. The van der Waals surface area contributed by atoms with Gasteiger partial charge >= 0.3 is 0 Å². The highest BCUT2D eigenvalue weighted by atomic mass is 16.5. The second kappa shape index (κ2) is 14.5. The van der Waals surface area contributed by atoms with Gasteiger partial charge in [-0.1, -0.05) is 35.8 Å². The second-order valence-corrected chi connectivity index (χ2v) is 11.9. The Bertz CT molecular complexity index is 1500. The summed E-state index contributed by atoms with van der Waals surface area (Å²) in [6, 6.07) is 11.0. The van der Waals surface area contributed by atoms with Crippen molar-refractivity contribution in [2.75, 3.05) is 26.4 Å². The lowest BCUT2D eigenvalue weighted by molar-refractivity contribution is -0.214. The van der Waals surface area contributed by atoms with Crippen LogP contribution in [0.3, 0.4) is 0 Å². The van der Waals surface area contributed by atoms with E-state index in [0.29, 0.717) is 11.1 Å². The topological polar surface area (TPSA) is 221 Å². The van der Waals surface area contributed by atoms with Crippen molar-refractivity contribution < 1.29 is 60.5 Å². The summed E-state index contributed by atoms with van der Waals surface area (Å²) in [7, 11) is 0. The van der Waals surface area contributed by atoms with E-state index in [4.69, 9.17) is 9.47 Å². The molecule has 0 saturated carbocycles. The fraction of sp³-hybridized carbons (Fsp3) is 0.529. The molecule has 10 atom stereocenters. The third-order valence-corrected chi connectivity index (χ3v) is 9.17. The molecule has 3 aliphatic rings. The van der Waals surface area contributed by atoms with Crippen molar-refractivity contribution in [1.82, 2.24) is 0 Å². The van der Waals surface area contributed by atoms with Crippen LogP contribution >= 0.6 is 0 Å². The van der Waals surface area contributed by atoms with Crippen LogP contribution < -0.4 is 0 Å². The average molecular weight is 641 g/mol. The standard InChI is InChI=1S/C34H40O12/c35-12-9-26-30(41)32(43)28(39)24(45-26)7-3-18-1-5-20-21-6-2-19(4-8-25-29(40)33(44)31(42)27(17-38)46-25)16-23(21)34(10-13-36,11-14-37)22(20)15-18/h1-2,5-6,15-16,24-33,35-44H,9-14,17H2/t24-,25-,26-,27-,28-,29-,30-,31-,32-,33-/m1/s1. The van der Waals surface area contributed by atoms with Crippen molar-refractivity contribution in [3.05, 3.63) is 58.7 Å². The number of ether oxygens (including phenoxy) is 2. The number of fused-ring (bicyclic) bond motifs is 3. The number of benzene rings is 2. The molecule has 10 N–H and O–H groups in total. The predicted octanol–water partition coefficient (Wildman–Crippen LogP) is -2.50. The molecule has 0 radical (unpaired) electrons. The lowest BCUT2D eigenvalue weighted by Crippen LogP contribution is -2.58. The first kappa shape index (κ1) is 34.4. The van der Waals surface area contributed by atoms with Gasteiger partial charge in [0.2, 0.25) is 0 Å². The van der Waals surface area contributed by atoms with Crippen LogP contribution in [-0.4, -0.2) is 139 Å². The summed E-state index contributed by atoms with van der Waals surface area (Å²) in [6.45, 7) is -1.23. The van der Waals surface area contributed by atoms with Crippen molar-refractivity contribution in [1.29, 1.82) is 0 Å². The summed E-state index contributed by atoms with van der Waals surface area (Å²) >= 11 is 0. The highest BCUT2D eigenvalue weighted by Gasteiger charge is 2.45. The van der Waals surface area contributed by atoms with Crippen LogP contribution in [0.15, 0.2) is 36.4 Å².